The van der Waals surface area contributed by atoms with E-state index in [1.165, 1.54) is 18.2 Å². The van der Waals surface area contributed by atoms with E-state index in [0.29, 0.717) is 22.7 Å². The third-order valence-corrected chi connectivity index (χ3v) is 4.67. The van der Waals surface area contributed by atoms with Crippen molar-refractivity contribution < 1.29 is 23.9 Å². The van der Waals surface area contributed by atoms with Gasteiger partial charge < -0.3 is 15.0 Å². The maximum absolute atomic E-state index is 12.5. The fourth-order valence-electron chi connectivity index (χ4n) is 2.22. The number of ether oxygens (including phenoxy) is 1. The van der Waals surface area contributed by atoms with Crippen LogP contribution in [0.25, 0.3) is 0 Å². The summed E-state index contributed by atoms with van der Waals surface area (Å²) in [5.41, 5.74) is 0.968. The molecule has 0 saturated carbocycles. The second-order valence-electron chi connectivity index (χ2n) is 5.69. The second-order valence-corrected chi connectivity index (χ2v) is 6.60. The standard InChI is InChI=1S/C19H21N3O5S/c1-4-22(3)18(25)13-8-6-12(7-9-13)15(23)20-17-14(10-11-28-17)16(24)21-19(26)27-5-2/h6-11H,4-5H2,1-3H3,(H,20,23)(H,21,24,26). The van der Waals surface area contributed by atoms with Crippen LogP contribution in [0, 0.1) is 0 Å². The largest absolute Gasteiger partial charge is 0.450 e. The van der Waals surface area contributed by atoms with Crippen molar-refractivity contribution in [2.24, 2.45) is 0 Å². The average Bonchev–Trinajstić information content (AvgIpc) is 3.15. The van der Waals surface area contributed by atoms with Gasteiger partial charge in [0.25, 0.3) is 17.7 Å². The lowest BCUT2D eigenvalue weighted by Crippen LogP contribution is -2.31. The summed E-state index contributed by atoms with van der Waals surface area (Å²) in [6.07, 6.45) is -0.853. The van der Waals surface area contributed by atoms with Crippen LogP contribution < -0.4 is 10.6 Å². The highest BCUT2D eigenvalue weighted by Gasteiger charge is 2.18. The zero-order chi connectivity index (χ0) is 20.7. The number of benzene rings is 1. The van der Waals surface area contributed by atoms with Crippen molar-refractivity contribution in [1.82, 2.24) is 10.2 Å². The van der Waals surface area contributed by atoms with E-state index in [4.69, 9.17) is 0 Å². The molecule has 1 heterocycles. The number of nitrogens with zero attached hydrogens (tertiary/aromatic N) is 1. The molecule has 1 aromatic carbocycles. The number of imide groups is 1. The van der Waals surface area contributed by atoms with Crippen LogP contribution in [0.2, 0.25) is 0 Å². The van der Waals surface area contributed by atoms with E-state index in [0.717, 1.165) is 11.3 Å². The van der Waals surface area contributed by atoms with Gasteiger partial charge in [-0.1, -0.05) is 0 Å². The van der Waals surface area contributed by atoms with E-state index in [2.05, 4.69) is 15.4 Å². The number of thiophene rings is 1. The first kappa shape index (κ1) is 21.1. The van der Waals surface area contributed by atoms with Crippen LogP contribution in [0.3, 0.4) is 0 Å². The van der Waals surface area contributed by atoms with Crippen molar-refractivity contribution in [3.63, 3.8) is 0 Å². The molecule has 8 nitrogen and oxygen atoms in total. The molecule has 28 heavy (non-hydrogen) atoms. The number of nitrogens with one attached hydrogen (secondary N) is 2. The number of hydrogen-bond donors (Lipinski definition) is 2. The minimum atomic E-state index is -0.853. The van der Waals surface area contributed by atoms with Crippen molar-refractivity contribution in [3.8, 4) is 0 Å². The van der Waals surface area contributed by atoms with Gasteiger partial charge in [0.1, 0.15) is 5.00 Å². The van der Waals surface area contributed by atoms with Crippen molar-refractivity contribution in [2.75, 3.05) is 25.5 Å². The zero-order valence-corrected chi connectivity index (χ0v) is 16.6. The van der Waals surface area contributed by atoms with Crippen molar-refractivity contribution in [2.45, 2.75) is 13.8 Å². The molecule has 0 spiro atoms. The van der Waals surface area contributed by atoms with E-state index >= 15 is 0 Å². The van der Waals surface area contributed by atoms with E-state index in [1.807, 2.05) is 6.92 Å². The zero-order valence-electron chi connectivity index (χ0n) is 15.8. The molecule has 1 aromatic heterocycles. The molecular weight excluding hydrogens is 382 g/mol. The van der Waals surface area contributed by atoms with E-state index < -0.39 is 17.9 Å². The fourth-order valence-corrected chi connectivity index (χ4v) is 3.00. The summed E-state index contributed by atoms with van der Waals surface area (Å²) in [6, 6.07) is 7.73. The molecule has 0 bridgehead atoms. The predicted octanol–water partition coefficient (Wildman–Crippen LogP) is 2.98. The number of rotatable bonds is 6. The van der Waals surface area contributed by atoms with Gasteiger partial charge in [-0.05, 0) is 49.6 Å². The molecule has 0 aliphatic carbocycles. The van der Waals surface area contributed by atoms with Crippen molar-refractivity contribution in [1.29, 1.82) is 0 Å². The fraction of sp³-hybridized carbons (Fsp3) is 0.263. The Morgan fingerprint density at radius 1 is 1.00 bits per heavy atom. The Morgan fingerprint density at radius 2 is 1.64 bits per heavy atom. The number of alkyl carbamates (subject to hydrolysis) is 1. The highest BCUT2D eigenvalue weighted by molar-refractivity contribution is 7.14. The summed E-state index contributed by atoms with van der Waals surface area (Å²) in [4.78, 5) is 49.7. The molecule has 0 unspecified atom stereocenters. The first-order valence-corrected chi connectivity index (χ1v) is 9.47. The van der Waals surface area contributed by atoms with Crippen LogP contribution in [0.5, 0.6) is 0 Å². The van der Waals surface area contributed by atoms with Crippen LogP contribution >= 0.6 is 11.3 Å². The molecule has 0 aliphatic heterocycles. The van der Waals surface area contributed by atoms with Crippen LogP contribution in [-0.2, 0) is 4.74 Å². The van der Waals surface area contributed by atoms with Gasteiger partial charge in [0.15, 0.2) is 0 Å². The number of carbonyl (C=O) groups is 4. The smallest absolute Gasteiger partial charge is 0.414 e. The van der Waals surface area contributed by atoms with Crippen molar-refractivity contribution in [3.05, 3.63) is 52.4 Å². The van der Waals surface area contributed by atoms with Gasteiger partial charge in [-0.15, -0.1) is 11.3 Å². The van der Waals surface area contributed by atoms with E-state index in [1.54, 1.807) is 36.4 Å². The first-order valence-electron chi connectivity index (χ1n) is 8.59. The summed E-state index contributed by atoms with van der Waals surface area (Å²) in [5.74, 6) is -1.24. The van der Waals surface area contributed by atoms with Crippen LogP contribution in [0.4, 0.5) is 9.80 Å². The Balaban J connectivity index is 2.08. The van der Waals surface area contributed by atoms with Gasteiger partial charge in [0.2, 0.25) is 0 Å². The quantitative estimate of drug-likeness (QED) is 0.771. The van der Waals surface area contributed by atoms with Gasteiger partial charge >= 0.3 is 6.09 Å². The number of hydrogen-bond acceptors (Lipinski definition) is 6. The monoisotopic (exact) mass is 403 g/mol. The number of carbonyl (C=O) groups excluding carboxylic acids is 4. The van der Waals surface area contributed by atoms with Gasteiger partial charge in [-0.3, -0.25) is 19.7 Å². The molecular formula is C19H21N3O5S. The summed E-state index contributed by atoms with van der Waals surface area (Å²) >= 11 is 1.15. The second kappa shape index (κ2) is 9.65. The van der Waals surface area contributed by atoms with Gasteiger partial charge in [-0.25, -0.2) is 4.79 Å². The molecule has 4 amide bonds. The molecule has 0 atom stereocenters. The highest BCUT2D eigenvalue weighted by atomic mass is 32.1. The summed E-state index contributed by atoms with van der Waals surface area (Å²) in [7, 11) is 1.70. The van der Waals surface area contributed by atoms with Crippen LogP contribution in [0.15, 0.2) is 35.7 Å². The molecule has 2 aromatic rings. The lowest BCUT2D eigenvalue weighted by molar-refractivity contribution is 0.0801. The average molecular weight is 403 g/mol. The third-order valence-electron chi connectivity index (χ3n) is 3.84. The van der Waals surface area contributed by atoms with Gasteiger partial charge in [-0.2, -0.15) is 0 Å². The highest BCUT2D eigenvalue weighted by Crippen LogP contribution is 2.24. The van der Waals surface area contributed by atoms with E-state index in [9.17, 15) is 19.2 Å². The normalized spacial score (nSPS) is 10.1. The topological polar surface area (TPSA) is 105 Å². The minimum absolute atomic E-state index is 0.134. The minimum Gasteiger partial charge on any atom is -0.450 e. The SMILES string of the molecule is CCOC(=O)NC(=O)c1ccsc1NC(=O)c1ccc(C(=O)N(C)CC)cc1. The molecule has 0 fully saturated rings. The maximum Gasteiger partial charge on any atom is 0.414 e. The lowest BCUT2D eigenvalue weighted by Gasteiger charge is -2.14. The number of amides is 4. The maximum atomic E-state index is 12.5. The first-order chi connectivity index (χ1) is 13.4. The van der Waals surface area contributed by atoms with E-state index in [-0.39, 0.29) is 18.1 Å². The molecule has 148 valence electrons. The predicted molar refractivity (Wildman–Crippen MR) is 106 cm³/mol. The number of anilines is 1. The Hall–Kier alpha value is -3.20. The Kier molecular flexibility index (Phi) is 7.28. The Bertz CT molecular complexity index is 876. The Labute approximate surface area is 166 Å². The molecule has 9 heteroatoms. The lowest BCUT2D eigenvalue weighted by atomic mass is 10.1. The van der Waals surface area contributed by atoms with Crippen LogP contribution in [0.1, 0.15) is 44.9 Å². The third kappa shape index (κ3) is 5.17. The van der Waals surface area contributed by atoms with Crippen LogP contribution in [-0.4, -0.2) is 48.9 Å². The summed E-state index contributed by atoms with van der Waals surface area (Å²) < 4.78 is 4.67. The summed E-state index contributed by atoms with van der Waals surface area (Å²) in [6.45, 7) is 4.21. The molecule has 2 N–H and O–H groups in total. The molecule has 0 radical (unpaired) electrons. The van der Waals surface area contributed by atoms with Gasteiger partial charge in [0.05, 0.1) is 12.2 Å². The molecule has 2 rings (SSSR count). The molecule has 0 saturated heterocycles. The summed E-state index contributed by atoms with van der Waals surface area (Å²) in [5, 5.41) is 6.66. The van der Waals surface area contributed by atoms with Gasteiger partial charge in [0, 0.05) is 24.7 Å². The Morgan fingerprint density at radius 3 is 2.25 bits per heavy atom. The molecule has 0 aliphatic rings. The van der Waals surface area contributed by atoms with Crippen molar-refractivity contribution >= 4 is 40.2 Å².